The molecule has 0 radical (unpaired) electrons. The van der Waals surface area contributed by atoms with E-state index in [0.717, 1.165) is 0 Å². The van der Waals surface area contributed by atoms with Crippen molar-refractivity contribution < 1.29 is 31.8 Å². The Labute approximate surface area is 230 Å². The number of aryl methyl sites for hydroxylation is 1. The Morgan fingerprint density at radius 1 is 1.20 bits per heavy atom. The molecule has 0 bridgehead atoms. The van der Waals surface area contributed by atoms with Crippen molar-refractivity contribution >= 4 is 29.2 Å². The Morgan fingerprint density at radius 3 is 2.60 bits per heavy atom. The average Bonchev–Trinajstić information content (AvgIpc) is 3.49. The van der Waals surface area contributed by atoms with E-state index in [1.54, 1.807) is 40.0 Å². The van der Waals surface area contributed by atoms with Crippen molar-refractivity contribution in [3.8, 4) is 11.4 Å². The number of halogens is 5. The number of anilines is 2. The Hall–Kier alpha value is -4.13. The van der Waals surface area contributed by atoms with Gasteiger partial charge in [0.25, 0.3) is 0 Å². The van der Waals surface area contributed by atoms with E-state index >= 15 is 0 Å². The van der Waals surface area contributed by atoms with Crippen LogP contribution in [0.3, 0.4) is 0 Å². The predicted molar refractivity (Wildman–Crippen MR) is 136 cm³/mol. The van der Waals surface area contributed by atoms with Crippen molar-refractivity contribution in [1.82, 2.24) is 24.3 Å². The van der Waals surface area contributed by atoms with Crippen LogP contribution in [0.15, 0.2) is 55.0 Å². The molecule has 210 valence electrons. The standard InChI is InChI=1S/C26H23ClF4N6O3/c1-25(40-23(38)26(29,30)31)9-10-37-22(18(12-25)15-3-5-16(28)6-4-15)34-24(35-37)33-17-7-8-19(20(11-17)39-2)36-13-21(27)32-14-36/h3-8,11,13-14,18H,9-10,12H2,1-2H3,(H,33,35)/t18-,25+/m1/s1. The maximum atomic E-state index is 13.7. The van der Waals surface area contributed by atoms with Gasteiger partial charge in [0.1, 0.15) is 34.5 Å². The number of benzene rings is 2. The lowest BCUT2D eigenvalue weighted by Gasteiger charge is -2.31. The van der Waals surface area contributed by atoms with Crippen molar-refractivity contribution in [2.75, 3.05) is 12.4 Å². The summed E-state index contributed by atoms with van der Waals surface area (Å²) >= 11 is 5.93. The third kappa shape index (κ3) is 5.74. The Bertz CT molecular complexity index is 1540. The molecule has 5 rings (SSSR count). The van der Waals surface area contributed by atoms with E-state index in [4.69, 9.17) is 21.1 Å². The van der Waals surface area contributed by atoms with Crippen LogP contribution in [-0.2, 0) is 16.1 Å². The van der Waals surface area contributed by atoms with Crippen molar-refractivity contribution in [2.24, 2.45) is 0 Å². The quantitative estimate of drug-likeness (QED) is 0.228. The van der Waals surface area contributed by atoms with E-state index in [1.807, 2.05) is 0 Å². The van der Waals surface area contributed by atoms with Crippen molar-refractivity contribution in [3.05, 3.63) is 77.3 Å². The maximum Gasteiger partial charge on any atom is 0.490 e. The number of ether oxygens (including phenoxy) is 2. The number of rotatable bonds is 6. The van der Waals surface area contributed by atoms with E-state index in [-0.39, 0.29) is 25.3 Å². The first-order valence-corrected chi connectivity index (χ1v) is 12.5. The molecule has 3 heterocycles. The van der Waals surface area contributed by atoms with Gasteiger partial charge in [-0.25, -0.2) is 18.9 Å². The summed E-state index contributed by atoms with van der Waals surface area (Å²) in [5.41, 5.74) is 0.420. The highest BCUT2D eigenvalue weighted by Gasteiger charge is 2.47. The molecule has 40 heavy (non-hydrogen) atoms. The molecule has 0 spiro atoms. The number of hydrogen-bond acceptors (Lipinski definition) is 7. The van der Waals surface area contributed by atoms with Crippen LogP contribution in [0.5, 0.6) is 5.75 Å². The van der Waals surface area contributed by atoms with E-state index < -0.39 is 29.5 Å². The molecular weight excluding hydrogens is 556 g/mol. The second-order valence-corrected chi connectivity index (χ2v) is 9.91. The second kappa shape index (κ2) is 10.5. The normalized spacial score (nSPS) is 19.0. The number of methoxy groups -OCH3 is 1. The van der Waals surface area contributed by atoms with Gasteiger partial charge in [-0.2, -0.15) is 18.2 Å². The van der Waals surface area contributed by atoms with Crippen LogP contribution < -0.4 is 10.1 Å². The highest BCUT2D eigenvalue weighted by Crippen LogP contribution is 2.40. The monoisotopic (exact) mass is 578 g/mol. The highest BCUT2D eigenvalue weighted by molar-refractivity contribution is 6.29. The van der Waals surface area contributed by atoms with Gasteiger partial charge in [0, 0.05) is 43.3 Å². The molecule has 0 saturated carbocycles. The predicted octanol–water partition coefficient (Wildman–Crippen LogP) is 5.80. The van der Waals surface area contributed by atoms with Gasteiger partial charge in [-0.3, -0.25) is 0 Å². The molecule has 4 aromatic rings. The van der Waals surface area contributed by atoms with Gasteiger partial charge in [-0.15, -0.1) is 5.10 Å². The first-order chi connectivity index (χ1) is 18.9. The smallest absolute Gasteiger partial charge is 0.490 e. The van der Waals surface area contributed by atoms with Crippen molar-refractivity contribution in [1.29, 1.82) is 0 Å². The SMILES string of the molecule is COc1cc(Nc2nc3n(n2)CC[C@](C)(OC(=O)C(F)(F)F)C[C@@H]3c2ccc(F)cc2)ccc1-n1cnc(Cl)c1. The van der Waals surface area contributed by atoms with Crippen LogP contribution in [0.1, 0.15) is 37.1 Å². The number of esters is 1. The molecule has 1 aliphatic rings. The summed E-state index contributed by atoms with van der Waals surface area (Å²) < 4.78 is 66.4. The summed E-state index contributed by atoms with van der Waals surface area (Å²) in [5, 5.41) is 7.97. The fraction of sp³-hybridized carbons (Fsp3) is 0.308. The molecule has 0 unspecified atom stereocenters. The summed E-state index contributed by atoms with van der Waals surface area (Å²) in [4.78, 5) is 20.3. The van der Waals surface area contributed by atoms with Gasteiger partial charge in [-0.1, -0.05) is 23.7 Å². The van der Waals surface area contributed by atoms with Crippen molar-refractivity contribution in [2.45, 2.75) is 44.0 Å². The molecule has 1 N–H and O–H groups in total. The second-order valence-electron chi connectivity index (χ2n) is 9.53. The van der Waals surface area contributed by atoms with Crippen molar-refractivity contribution in [3.63, 3.8) is 0 Å². The van der Waals surface area contributed by atoms with Gasteiger partial charge < -0.3 is 19.4 Å². The molecule has 0 amide bonds. The van der Waals surface area contributed by atoms with Crippen LogP contribution in [0, 0.1) is 5.82 Å². The zero-order valence-electron chi connectivity index (χ0n) is 21.2. The molecule has 14 heteroatoms. The molecule has 0 fully saturated rings. The number of carbonyl (C=O) groups is 1. The zero-order chi connectivity index (χ0) is 28.7. The fourth-order valence-electron chi connectivity index (χ4n) is 4.66. The topological polar surface area (TPSA) is 96.1 Å². The zero-order valence-corrected chi connectivity index (χ0v) is 22.0. The minimum absolute atomic E-state index is 0.0193. The molecule has 0 saturated heterocycles. The Balaban J connectivity index is 1.45. The number of nitrogens with zero attached hydrogens (tertiary/aromatic N) is 5. The lowest BCUT2D eigenvalue weighted by atomic mass is 9.85. The van der Waals surface area contributed by atoms with Gasteiger partial charge in [0.15, 0.2) is 0 Å². The number of aromatic nitrogens is 5. The molecule has 2 aromatic carbocycles. The Morgan fingerprint density at radius 2 is 1.95 bits per heavy atom. The third-order valence-electron chi connectivity index (χ3n) is 6.61. The lowest BCUT2D eigenvalue weighted by molar-refractivity contribution is -0.214. The van der Waals surface area contributed by atoms with Gasteiger partial charge in [0.05, 0.1) is 12.8 Å². The summed E-state index contributed by atoms with van der Waals surface area (Å²) in [6, 6.07) is 10.9. The van der Waals surface area contributed by atoms with Gasteiger partial charge in [0.2, 0.25) is 5.95 Å². The van der Waals surface area contributed by atoms with Crippen LogP contribution >= 0.6 is 11.6 Å². The summed E-state index contributed by atoms with van der Waals surface area (Å²) in [7, 11) is 1.52. The summed E-state index contributed by atoms with van der Waals surface area (Å²) in [6.45, 7) is 1.58. The third-order valence-corrected chi connectivity index (χ3v) is 6.80. The van der Waals surface area contributed by atoms with Crippen LogP contribution in [0.2, 0.25) is 5.15 Å². The number of carbonyl (C=O) groups excluding carboxylic acids is 1. The summed E-state index contributed by atoms with van der Waals surface area (Å²) in [5.74, 6) is -2.19. The van der Waals surface area contributed by atoms with Crippen LogP contribution in [0.4, 0.5) is 29.2 Å². The Kier molecular flexibility index (Phi) is 7.17. The first-order valence-electron chi connectivity index (χ1n) is 12.1. The van der Waals surface area contributed by atoms with E-state index in [2.05, 4.69) is 20.4 Å². The number of fused-ring (bicyclic) bond motifs is 1. The average molecular weight is 579 g/mol. The number of hydrogen-bond donors (Lipinski definition) is 1. The van der Waals surface area contributed by atoms with Crippen LogP contribution in [0.25, 0.3) is 5.69 Å². The molecule has 2 atom stereocenters. The highest BCUT2D eigenvalue weighted by atomic mass is 35.5. The van der Waals surface area contributed by atoms with E-state index in [1.165, 1.54) is 38.3 Å². The minimum atomic E-state index is -5.13. The number of alkyl halides is 3. The van der Waals surface area contributed by atoms with E-state index in [0.29, 0.717) is 33.7 Å². The molecular formula is C26H23ClF4N6O3. The largest absolute Gasteiger partial charge is 0.494 e. The van der Waals surface area contributed by atoms with Crippen LogP contribution in [-0.4, -0.2) is 49.2 Å². The fourth-order valence-corrected chi connectivity index (χ4v) is 4.81. The molecule has 1 aliphatic heterocycles. The first kappa shape index (κ1) is 27.4. The molecule has 9 nitrogen and oxygen atoms in total. The molecule has 0 aliphatic carbocycles. The summed E-state index contributed by atoms with van der Waals surface area (Å²) in [6.07, 6.45) is -1.91. The van der Waals surface area contributed by atoms with E-state index in [9.17, 15) is 22.4 Å². The number of nitrogens with one attached hydrogen (secondary N) is 1. The molecule has 2 aromatic heterocycles. The lowest BCUT2D eigenvalue weighted by Crippen LogP contribution is -2.39. The maximum absolute atomic E-state index is 13.7. The minimum Gasteiger partial charge on any atom is -0.494 e. The number of imidazole rings is 1. The van der Waals surface area contributed by atoms with Gasteiger partial charge in [-0.05, 0) is 36.8 Å². The van der Waals surface area contributed by atoms with Gasteiger partial charge >= 0.3 is 12.1 Å².